The molecule has 0 unspecified atom stereocenters. The number of halogens is 1. The van der Waals surface area contributed by atoms with Crippen LogP contribution in [0.2, 0.25) is 5.02 Å². The number of hydrogen-bond donors (Lipinski definition) is 0. The van der Waals surface area contributed by atoms with Crippen molar-refractivity contribution in [2.24, 2.45) is 0 Å². The molecule has 24 heavy (non-hydrogen) atoms. The van der Waals surface area contributed by atoms with E-state index in [1.165, 1.54) is 40.4 Å². The van der Waals surface area contributed by atoms with Crippen LogP contribution in [0.15, 0.2) is 35.6 Å². The third-order valence-corrected chi connectivity index (χ3v) is 6.66. The molecule has 4 rings (SSSR count). The van der Waals surface area contributed by atoms with E-state index in [0.29, 0.717) is 16.3 Å². The van der Waals surface area contributed by atoms with Gasteiger partial charge in [-0.15, -0.1) is 11.3 Å². The number of thiophene rings is 1. The number of carbonyl (C=O) groups is 1. The molecule has 0 aliphatic heterocycles. The van der Waals surface area contributed by atoms with Crippen LogP contribution in [0.1, 0.15) is 33.6 Å². The standard InChI is InChI=1S/C18H15ClN2OS2/c19-12-7-5-11(6-8-12)14(22)9-23-17-16-13-3-1-2-4-15(13)24-18(16)21-10-20-17/h5-8,10H,1-4,9H2. The predicted molar refractivity (Wildman–Crippen MR) is 101 cm³/mol. The van der Waals surface area contributed by atoms with Gasteiger partial charge >= 0.3 is 0 Å². The molecule has 3 nitrogen and oxygen atoms in total. The summed E-state index contributed by atoms with van der Waals surface area (Å²) < 4.78 is 0. The average molecular weight is 375 g/mol. The first-order chi connectivity index (χ1) is 11.7. The number of ketones is 1. The Morgan fingerprint density at radius 1 is 1.17 bits per heavy atom. The highest BCUT2D eigenvalue weighted by molar-refractivity contribution is 8.00. The van der Waals surface area contributed by atoms with E-state index < -0.39 is 0 Å². The Kier molecular flexibility index (Phi) is 4.57. The van der Waals surface area contributed by atoms with Gasteiger partial charge in [-0.3, -0.25) is 4.79 Å². The number of Topliss-reactive ketones (excluding diaryl/α,β-unsaturated/α-hetero) is 1. The molecule has 0 bridgehead atoms. The van der Waals surface area contributed by atoms with Gasteiger partial charge in [-0.05, 0) is 55.5 Å². The molecule has 0 fully saturated rings. The largest absolute Gasteiger partial charge is 0.293 e. The van der Waals surface area contributed by atoms with Crippen LogP contribution in [0, 0.1) is 0 Å². The van der Waals surface area contributed by atoms with Crippen molar-refractivity contribution in [3.8, 4) is 0 Å². The molecule has 0 saturated carbocycles. The highest BCUT2D eigenvalue weighted by Gasteiger charge is 2.20. The van der Waals surface area contributed by atoms with Crippen LogP contribution in [0.3, 0.4) is 0 Å². The Morgan fingerprint density at radius 3 is 2.79 bits per heavy atom. The molecule has 1 aliphatic rings. The van der Waals surface area contributed by atoms with Crippen molar-refractivity contribution in [3.63, 3.8) is 0 Å². The van der Waals surface area contributed by atoms with E-state index >= 15 is 0 Å². The second-order valence-electron chi connectivity index (χ2n) is 5.79. The summed E-state index contributed by atoms with van der Waals surface area (Å²) in [6.07, 6.45) is 6.33. The average Bonchev–Trinajstić information content (AvgIpc) is 2.99. The molecule has 1 aromatic carbocycles. The maximum absolute atomic E-state index is 12.4. The van der Waals surface area contributed by atoms with Crippen LogP contribution in [-0.4, -0.2) is 21.5 Å². The van der Waals surface area contributed by atoms with E-state index in [1.54, 1.807) is 41.9 Å². The molecular formula is C18H15ClN2OS2. The first-order valence-corrected chi connectivity index (χ1v) is 10.1. The Hall–Kier alpha value is -1.43. The number of hydrogen-bond acceptors (Lipinski definition) is 5. The third kappa shape index (κ3) is 3.08. The van der Waals surface area contributed by atoms with Gasteiger partial charge in [-0.25, -0.2) is 9.97 Å². The summed E-state index contributed by atoms with van der Waals surface area (Å²) in [5.41, 5.74) is 2.09. The second-order valence-corrected chi connectivity index (χ2v) is 8.27. The normalized spacial score (nSPS) is 13.9. The topological polar surface area (TPSA) is 42.9 Å². The minimum absolute atomic E-state index is 0.0903. The zero-order chi connectivity index (χ0) is 16.5. The van der Waals surface area contributed by atoms with Crippen molar-refractivity contribution in [1.82, 2.24) is 9.97 Å². The summed E-state index contributed by atoms with van der Waals surface area (Å²) in [5, 5.41) is 2.74. The summed E-state index contributed by atoms with van der Waals surface area (Å²) in [6.45, 7) is 0. The van der Waals surface area contributed by atoms with Crippen LogP contribution in [0.5, 0.6) is 0 Å². The molecule has 0 N–H and O–H groups in total. The molecule has 0 atom stereocenters. The van der Waals surface area contributed by atoms with Gasteiger partial charge in [0, 0.05) is 20.8 Å². The maximum Gasteiger partial charge on any atom is 0.173 e. The fourth-order valence-corrected chi connectivity index (χ4v) is 5.36. The van der Waals surface area contributed by atoms with Crippen LogP contribution >= 0.6 is 34.7 Å². The van der Waals surface area contributed by atoms with Crippen LogP contribution in [0.25, 0.3) is 10.2 Å². The fourth-order valence-electron chi connectivity index (χ4n) is 3.02. The minimum Gasteiger partial charge on any atom is -0.293 e. The quantitative estimate of drug-likeness (QED) is 0.357. The molecular weight excluding hydrogens is 360 g/mol. The minimum atomic E-state index is 0.0903. The van der Waals surface area contributed by atoms with Crippen LogP contribution in [0.4, 0.5) is 0 Å². The predicted octanol–water partition coefficient (Wildman–Crippen LogP) is 5.20. The zero-order valence-corrected chi connectivity index (χ0v) is 15.3. The molecule has 2 aromatic heterocycles. The van der Waals surface area contributed by atoms with Crippen LogP contribution < -0.4 is 0 Å². The molecule has 122 valence electrons. The molecule has 1 aliphatic carbocycles. The maximum atomic E-state index is 12.4. The summed E-state index contributed by atoms with van der Waals surface area (Å²) >= 11 is 9.17. The molecule has 6 heteroatoms. The molecule has 0 spiro atoms. The van der Waals surface area contributed by atoms with Gasteiger partial charge in [-0.1, -0.05) is 23.4 Å². The third-order valence-electron chi connectivity index (χ3n) is 4.22. The van der Waals surface area contributed by atoms with Gasteiger partial charge in [0.05, 0.1) is 5.75 Å². The van der Waals surface area contributed by atoms with E-state index in [9.17, 15) is 4.79 Å². The summed E-state index contributed by atoms with van der Waals surface area (Å²) in [7, 11) is 0. The molecule has 2 heterocycles. The Labute approximate surface area is 153 Å². The van der Waals surface area contributed by atoms with Gasteiger partial charge < -0.3 is 0 Å². The molecule has 0 saturated heterocycles. The van der Waals surface area contributed by atoms with E-state index in [2.05, 4.69) is 9.97 Å². The van der Waals surface area contributed by atoms with E-state index in [-0.39, 0.29) is 5.78 Å². The van der Waals surface area contributed by atoms with Crippen molar-refractivity contribution in [2.45, 2.75) is 30.7 Å². The SMILES string of the molecule is O=C(CSc1ncnc2sc3c(c12)CCCC3)c1ccc(Cl)cc1. The Bertz CT molecular complexity index is 905. The van der Waals surface area contributed by atoms with Gasteiger partial charge in [0.25, 0.3) is 0 Å². The summed E-state index contributed by atoms with van der Waals surface area (Å²) in [4.78, 5) is 23.8. The van der Waals surface area contributed by atoms with Crippen molar-refractivity contribution in [3.05, 3.63) is 51.6 Å². The number of aryl methyl sites for hydroxylation is 2. The van der Waals surface area contributed by atoms with Crippen molar-refractivity contribution >= 4 is 50.7 Å². The van der Waals surface area contributed by atoms with Crippen molar-refractivity contribution in [1.29, 1.82) is 0 Å². The highest BCUT2D eigenvalue weighted by Crippen LogP contribution is 2.39. The van der Waals surface area contributed by atoms with Crippen LogP contribution in [-0.2, 0) is 12.8 Å². The van der Waals surface area contributed by atoms with Gasteiger partial charge in [-0.2, -0.15) is 0 Å². The first kappa shape index (κ1) is 16.1. The Morgan fingerprint density at radius 2 is 1.96 bits per heavy atom. The van der Waals surface area contributed by atoms with E-state index in [4.69, 9.17) is 11.6 Å². The lowest BCUT2D eigenvalue weighted by Crippen LogP contribution is -2.03. The van der Waals surface area contributed by atoms with Gasteiger partial charge in [0.1, 0.15) is 16.2 Å². The molecule has 0 radical (unpaired) electrons. The lowest BCUT2D eigenvalue weighted by atomic mass is 9.97. The zero-order valence-electron chi connectivity index (χ0n) is 12.9. The molecule has 0 amide bonds. The number of fused-ring (bicyclic) bond motifs is 3. The summed E-state index contributed by atoms with van der Waals surface area (Å²) in [6, 6.07) is 7.04. The van der Waals surface area contributed by atoms with Crippen molar-refractivity contribution in [2.75, 3.05) is 5.75 Å². The first-order valence-electron chi connectivity index (χ1n) is 7.89. The monoisotopic (exact) mass is 374 g/mol. The fraction of sp³-hybridized carbons (Fsp3) is 0.278. The highest BCUT2D eigenvalue weighted by atomic mass is 35.5. The smallest absolute Gasteiger partial charge is 0.173 e. The van der Waals surface area contributed by atoms with Gasteiger partial charge in [0.2, 0.25) is 0 Å². The number of benzene rings is 1. The lowest BCUT2D eigenvalue weighted by molar-refractivity contribution is 0.102. The number of aromatic nitrogens is 2. The van der Waals surface area contributed by atoms with Gasteiger partial charge in [0.15, 0.2) is 5.78 Å². The number of thioether (sulfide) groups is 1. The van der Waals surface area contributed by atoms with Crippen molar-refractivity contribution < 1.29 is 4.79 Å². The number of carbonyl (C=O) groups excluding carboxylic acids is 1. The second kappa shape index (κ2) is 6.82. The number of nitrogens with zero attached hydrogens (tertiary/aromatic N) is 2. The number of rotatable bonds is 4. The Balaban J connectivity index is 1.59. The summed E-state index contributed by atoms with van der Waals surface area (Å²) in [5.74, 6) is 0.464. The lowest BCUT2D eigenvalue weighted by Gasteiger charge is -2.11. The van der Waals surface area contributed by atoms with E-state index in [1.807, 2.05) is 0 Å². The molecule has 3 aromatic rings. The van der Waals surface area contributed by atoms with E-state index in [0.717, 1.165) is 22.7 Å².